The molecule has 0 atom stereocenters. The van der Waals surface area contributed by atoms with Crippen molar-refractivity contribution in [1.29, 1.82) is 0 Å². The highest BCUT2D eigenvalue weighted by Gasteiger charge is 2.12. The van der Waals surface area contributed by atoms with E-state index in [1.165, 1.54) is 0 Å². The van der Waals surface area contributed by atoms with E-state index < -0.39 is 0 Å². The molecule has 2 aromatic rings. The molecule has 20 heavy (non-hydrogen) atoms. The average molecular weight is 293 g/mol. The number of aromatic nitrogens is 1. The van der Waals surface area contributed by atoms with Crippen molar-refractivity contribution in [2.24, 2.45) is 0 Å². The van der Waals surface area contributed by atoms with Crippen LogP contribution in [0.5, 0.6) is 11.5 Å². The summed E-state index contributed by atoms with van der Waals surface area (Å²) < 4.78 is 11.1. The van der Waals surface area contributed by atoms with E-state index in [1.807, 2.05) is 13.8 Å². The number of halogens is 1. The zero-order chi connectivity index (χ0) is 14.7. The van der Waals surface area contributed by atoms with Gasteiger partial charge in [0.15, 0.2) is 5.75 Å². The van der Waals surface area contributed by atoms with Gasteiger partial charge in [0, 0.05) is 17.3 Å². The number of methoxy groups -OCH3 is 1. The molecule has 0 aliphatic rings. The Kier molecular flexibility index (Phi) is 4.35. The van der Waals surface area contributed by atoms with Crippen LogP contribution < -0.4 is 15.2 Å². The van der Waals surface area contributed by atoms with E-state index in [4.69, 9.17) is 26.8 Å². The Labute approximate surface area is 123 Å². The number of para-hydroxylation sites is 1. The molecule has 0 spiro atoms. The largest absolute Gasteiger partial charge is 0.496 e. The number of nitrogens with zero attached hydrogens (tertiary/aromatic N) is 1. The zero-order valence-electron chi connectivity index (χ0n) is 11.7. The third-order valence-electron chi connectivity index (χ3n) is 3.10. The SMILES string of the molecule is COc1c(C)cnc(COc2c(N)cccc2Cl)c1C. The third kappa shape index (κ3) is 2.80. The Hall–Kier alpha value is -1.94. The van der Waals surface area contributed by atoms with Gasteiger partial charge in [0.1, 0.15) is 12.4 Å². The number of ether oxygens (including phenoxy) is 2. The van der Waals surface area contributed by atoms with Gasteiger partial charge < -0.3 is 15.2 Å². The highest BCUT2D eigenvalue weighted by atomic mass is 35.5. The van der Waals surface area contributed by atoms with E-state index in [-0.39, 0.29) is 6.61 Å². The normalized spacial score (nSPS) is 10.4. The lowest BCUT2D eigenvalue weighted by atomic mass is 10.1. The van der Waals surface area contributed by atoms with E-state index >= 15 is 0 Å². The Morgan fingerprint density at radius 2 is 2.00 bits per heavy atom. The quantitative estimate of drug-likeness (QED) is 0.876. The monoisotopic (exact) mass is 292 g/mol. The summed E-state index contributed by atoms with van der Waals surface area (Å²) in [5, 5.41) is 0.488. The molecule has 2 rings (SSSR count). The standard InChI is InChI=1S/C15H17ClN2O2/c1-9-7-18-13(10(2)14(9)19-3)8-20-15-11(16)5-4-6-12(15)17/h4-7H,8,17H2,1-3H3. The second kappa shape index (κ2) is 6.01. The van der Waals surface area contributed by atoms with Crippen LogP contribution in [-0.4, -0.2) is 12.1 Å². The van der Waals surface area contributed by atoms with Gasteiger partial charge in [-0.15, -0.1) is 0 Å². The first kappa shape index (κ1) is 14.5. The van der Waals surface area contributed by atoms with E-state index in [2.05, 4.69) is 4.98 Å². The number of rotatable bonds is 4. The molecule has 106 valence electrons. The van der Waals surface area contributed by atoms with E-state index in [9.17, 15) is 0 Å². The zero-order valence-corrected chi connectivity index (χ0v) is 12.5. The molecule has 1 heterocycles. The first-order chi connectivity index (χ1) is 9.54. The summed E-state index contributed by atoms with van der Waals surface area (Å²) in [6.07, 6.45) is 1.76. The van der Waals surface area contributed by atoms with Gasteiger partial charge in [-0.25, -0.2) is 0 Å². The fourth-order valence-electron chi connectivity index (χ4n) is 2.03. The fraction of sp³-hybridized carbons (Fsp3) is 0.267. The number of hydrogen-bond donors (Lipinski definition) is 1. The van der Waals surface area contributed by atoms with Gasteiger partial charge in [0.25, 0.3) is 0 Å². The Balaban J connectivity index is 2.24. The molecule has 1 aromatic carbocycles. The molecule has 0 amide bonds. The smallest absolute Gasteiger partial charge is 0.161 e. The molecular formula is C15H17ClN2O2. The maximum Gasteiger partial charge on any atom is 0.161 e. The Morgan fingerprint density at radius 3 is 2.65 bits per heavy atom. The van der Waals surface area contributed by atoms with Gasteiger partial charge in [-0.3, -0.25) is 4.98 Å². The van der Waals surface area contributed by atoms with Crippen LogP contribution in [0.3, 0.4) is 0 Å². The van der Waals surface area contributed by atoms with Crippen LogP contribution in [0.15, 0.2) is 24.4 Å². The van der Waals surface area contributed by atoms with Crippen LogP contribution in [0.2, 0.25) is 5.02 Å². The van der Waals surface area contributed by atoms with Gasteiger partial charge in [-0.05, 0) is 26.0 Å². The maximum atomic E-state index is 6.07. The first-order valence-corrected chi connectivity index (χ1v) is 6.58. The predicted molar refractivity (Wildman–Crippen MR) is 80.5 cm³/mol. The minimum atomic E-state index is 0.288. The van der Waals surface area contributed by atoms with Gasteiger partial charge >= 0.3 is 0 Å². The topological polar surface area (TPSA) is 57.4 Å². The molecule has 1 aromatic heterocycles. The molecule has 2 N–H and O–H groups in total. The number of anilines is 1. The van der Waals surface area contributed by atoms with E-state index in [0.717, 1.165) is 22.6 Å². The number of benzene rings is 1. The van der Waals surface area contributed by atoms with Crippen molar-refractivity contribution in [2.75, 3.05) is 12.8 Å². The molecule has 0 radical (unpaired) electrons. The average Bonchev–Trinajstić information content (AvgIpc) is 2.41. The summed E-state index contributed by atoms with van der Waals surface area (Å²) >= 11 is 6.07. The van der Waals surface area contributed by atoms with Gasteiger partial charge in [-0.2, -0.15) is 0 Å². The molecule has 4 nitrogen and oxygen atoms in total. The predicted octanol–water partition coefficient (Wildman–Crippen LogP) is 3.52. The first-order valence-electron chi connectivity index (χ1n) is 6.20. The van der Waals surface area contributed by atoms with Crippen molar-refractivity contribution in [2.45, 2.75) is 20.5 Å². The summed E-state index contributed by atoms with van der Waals surface area (Å²) in [6.45, 7) is 4.19. The minimum Gasteiger partial charge on any atom is -0.496 e. The van der Waals surface area contributed by atoms with Crippen molar-refractivity contribution in [3.63, 3.8) is 0 Å². The molecule has 0 saturated carbocycles. The highest BCUT2D eigenvalue weighted by molar-refractivity contribution is 6.32. The highest BCUT2D eigenvalue weighted by Crippen LogP contribution is 2.32. The van der Waals surface area contributed by atoms with Crippen LogP contribution in [0.4, 0.5) is 5.69 Å². The summed E-state index contributed by atoms with van der Waals surface area (Å²) in [7, 11) is 1.64. The summed E-state index contributed by atoms with van der Waals surface area (Å²) in [4.78, 5) is 4.37. The van der Waals surface area contributed by atoms with Crippen LogP contribution in [0.25, 0.3) is 0 Å². The van der Waals surface area contributed by atoms with Crippen molar-refractivity contribution >= 4 is 17.3 Å². The maximum absolute atomic E-state index is 6.07. The molecule has 0 aliphatic carbocycles. The number of nitrogens with two attached hydrogens (primary N) is 1. The molecule has 5 heteroatoms. The van der Waals surface area contributed by atoms with Crippen molar-refractivity contribution < 1.29 is 9.47 Å². The van der Waals surface area contributed by atoms with Crippen molar-refractivity contribution in [3.05, 3.63) is 46.2 Å². The number of nitrogen functional groups attached to an aromatic ring is 1. The van der Waals surface area contributed by atoms with Gasteiger partial charge in [0.05, 0.1) is 23.5 Å². The molecule has 0 saturated heterocycles. The fourth-order valence-corrected chi connectivity index (χ4v) is 2.27. The van der Waals surface area contributed by atoms with Crippen molar-refractivity contribution in [3.8, 4) is 11.5 Å². The van der Waals surface area contributed by atoms with Crippen LogP contribution in [-0.2, 0) is 6.61 Å². The second-order valence-corrected chi connectivity index (χ2v) is 4.90. The lowest BCUT2D eigenvalue weighted by Crippen LogP contribution is -2.05. The number of hydrogen-bond acceptors (Lipinski definition) is 4. The molecule has 0 fully saturated rings. The van der Waals surface area contributed by atoms with E-state index in [1.54, 1.807) is 31.5 Å². The minimum absolute atomic E-state index is 0.288. The number of pyridine rings is 1. The lowest BCUT2D eigenvalue weighted by molar-refractivity contribution is 0.300. The lowest BCUT2D eigenvalue weighted by Gasteiger charge is -2.14. The van der Waals surface area contributed by atoms with E-state index in [0.29, 0.717) is 16.5 Å². The van der Waals surface area contributed by atoms with Crippen LogP contribution in [0.1, 0.15) is 16.8 Å². The number of aryl methyl sites for hydroxylation is 1. The van der Waals surface area contributed by atoms with Crippen LogP contribution >= 0.6 is 11.6 Å². The van der Waals surface area contributed by atoms with Gasteiger partial charge in [-0.1, -0.05) is 17.7 Å². The molecule has 0 unspecified atom stereocenters. The molecular weight excluding hydrogens is 276 g/mol. The third-order valence-corrected chi connectivity index (χ3v) is 3.40. The molecule has 0 aliphatic heterocycles. The summed E-state index contributed by atoms with van der Waals surface area (Å²) in [5.41, 5.74) is 9.10. The Morgan fingerprint density at radius 1 is 1.25 bits per heavy atom. The van der Waals surface area contributed by atoms with Crippen molar-refractivity contribution in [1.82, 2.24) is 4.98 Å². The molecule has 0 bridgehead atoms. The summed E-state index contributed by atoms with van der Waals surface area (Å²) in [6, 6.07) is 5.27. The second-order valence-electron chi connectivity index (χ2n) is 4.49. The Bertz CT molecular complexity index is 609. The summed E-state index contributed by atoms with van der Waals surface area (Å²) in [5.74, 6) is 1.31. The van der Waals surface area contributed by atoms with Crippen LogP contribution in [0, 0.1) is 13.8 Å². The van der Waals surface area contributed by atoms with Gasteiger partial charge in [0.2, 0.25) is 0 Å².